The number of halogens is 3. The molecule has 0 aliphatic carbocycles. The van der Waals surface area contributed by atoms with Gasteiger partial charge in [-0.25, -0.2) is 0 Å². The first-order valence-corrected chi connectivity index (χ1v) is 6.11. The van der Waals surface area contributed by atoms with E-state index in [2.05, 4.69) is 6.92 Å². The van der Waals surface area contributed by atoms with Gasteiger partial charge in [0.05, 0.1) is 6.42 Å². The number of hydrogen-bond acceptors (Lipinski definition) is 1. The normalized spacial score (nSPS) is 11.6. The number of aryl methyl sites for hydroxylation is 1. The molecule has 0 bridgehead atoms. The minimum absolute atomic E-state index is 0.361. The highest BCUT2D eigenvalue weighted by atomic mass is 19.4. The Bertz CT molecular complexity index is 379. The zero-order valence-corrected chi connectivity index (χ0v) is 10.4. The number of hydrogen-bond donors (Lipinski definition) is 0. The highest BCUT2D eigenvalue weighted by Gasteiger charge is 2.28. The topological polar surface area (TPSA) is 17.1 Å². The number of unbranched alkanes of at least 4 members (excludes halogenated alkanes) is 1. The van der Waals surface area contributed by atoms with E-state index in [0.717, 1.165) is 24.8 Å². The van der Waals surface area contributed by atoms with Crippen LogP contribution < -0.4 is 0 Å². The summed E-state index contributed by atoms with van der Waals surface area (Å²) in [5.74, 6) is -0.450. The van der Waals surface area contributed by atoms with Crippen molar-refractivity contribution >= 4 is 5.78 Å². The standard InChI is InChI=1S/C14H17F3O/c1-2-3-4-11-5-7-12(8-6-11)13(18)9-10-14(15,16)17/h5-8H,2-4,9-10H2,1H3. The lowest BCUT2D eigenvalue weighted by Gasteiger charge is -2.06. The van der Waals surface area contributed by atoms with Gasteiger partial charge < -0.3 is 0 Å². The molecule has 0 spiro atoms. The zero-order chi connectivity index (χ0) is 13.6. The van der Waals surface area contributed by atoms with Crippen molar-refractivity contribution in [2.24, 2.45) is 0 Å². The van der Waals surface area contributed by atoms with Crippen LogP contribution in [0.2, 0.25) is 0 Å². The highest BCUT2D eigenvalue weighted by Crippen LogP contribution is 2.22. The first-order chi connectivity index (χ1) is 8.42. The summed E-state index contributed by atoms with van der Waals surface area (Å²) < 4.78 is 35.9. The molecule has 0 amide bonds. The van der Waals surface area contributed by atoms with Crippen LogP contribution in [-0.2, 0) is 6.42 Å². The Balaban J connectivity index is 2.54. The summed E-state index contributed by atoms with van der Waals surface area (Å²) in [7, 11) is 0. The summed E-state index contributed by atoms with van der Waals surface area (Å²) >= 11 is 0. The van der Waals surface area contributed by atoms with Crippen molar-refractivity contribution in [1.82, 2.24) is 0 Å². The first-order valence-electron chi connectivity index (χ1n) is 6.11. The van der Waals surface area contributed by atoms with E-state index in [1.54, 1.807) is 12.1 Å². The van der Waals surface area contributed by atoms with Crippen molar-refractivity contribution in [3.8, 4) is 0 Å². The van der Waals surface area contributed by atoms with Crippen LogP contribution in [0.4, 0.5) is 13.2 Å². The maximum Gasteiger partial charge on any atom is 0.389 e. The van der Waals surface area contributed by atoms with Crippen LogP contribution in [0, 0.1) is 0 Å². The second kappa shape index (κ2) is 6.57. The number of ketones is 1. The molecule has 0 N–H and O–H groups in total. The summed E-state index contributed by atoms with van der Waals surface area (Å²) in [5, 5.41) is 0. The van der Waals surface area contributed by atoms with Crippen molar-refractivity contribution in [2.75, 3.05) is 0 Å². The minimum Gasteiger partial charge on any atom is -0.294 e. The van der Waals surface area contributed by atoms with Crippen LogP contribution in [0.15, 0.2) is 24.3 Å². The molecule has 0 saturated carbocycles. The van der Waals surface area contributed by atoms with E-state index in [-0.39, 0.29) is 0 Å². The lowest BCUT2D eigenvalue weighted by molar-refractivity contribution is -0.133. The summed E-state index contributed by atoms with van der Waals surface area (Å²) in [6, 6.07) is 6.86. The van der Waals surface area contributed by atoms with Gasteiger partial charge in [0, 0.05) is 12.0 Å². The van der Waals surface area contributed by atoms with E-state index in [9.17, 15) is 18.0 Å². The number of benzene rings is 1. The van der Waals surface area contributed by atoms with Gasteiger partial charge in [0.1, 0.15) is 0 Å². The molecule has 18 heavy (non-hydrogen) atoms. The number of carbonyl (C=O) groups is 1. The van der Waals surface area contributed by atoms with E-state index in [1.165, 1.54) is 0 Å². The molecule has 1 nitrogen and oxygen atoms in total. The molecule has 0 aromatic heterocycles. The highest BCUT2D eigenvalue weighted by molar-refractivity contribution is 5.96. The second-order valence-electron chi connectivity index (χ2n) is 4.34. The Morgan fingerprint density at radius 2 is 1.78 bits per heavy atom. The van der Waals surface area contributed by atoms with Gasteiger partial charge in [0.2, 0.25) is 0 Å². The Morgan fingerprint density at radius 1 is 1.17 bits per heavy atom. The molecule has 0 heterocycles. The van der Waals surface area contributed by atoms with E-state index in [0.29, 0.717) is 5.56 Å². The molecule has 0 fully saturated rings. The summed E-state index contributed by atoms with van der Waals surface area (Å²) in [6.45, 7) is 2.09. The van der Waals surface area contributed by atoms with Crippen molar-refractivity contribution in [3.05, 3.63) is 35.4 Å². The monoisotopic (exact) mass is 258 g/mol. The Hall–Kier alpha value is -1.32. The molecular weight excluding hydrogens is 241 g/mol. The number of alkyl halides is 3. The number of Topliss-reactive ketones (excluding diaryl/α,β-unsaturated/α-hetero) is 1. The predicted molar refractivity (Wildman–Crippen MR) is 64.7 cm³/mol. The van der Waals surface area contributed by atoms with Crippen LogP contribution in [0.1, 0.15) is 48.5 Å². The van der Waals surface area contributed by atoms with E-state index in [4.69, 9.17) is 0 Å². The van der Waals surface area contributed by atoms with Gasteiger partial charge >= 0.3 is 6.18 Å². The smallest absolute Gasteiger partial charge is 0.294 e. The lowest BCUT2D eigenvalue weighted by atomic mass is 10.0. The van der Waals surface area contributed by atoms with Crippen LogP contribution >= 0.6 is 0 Å². The molecule has 100 valence electrons. The molecular formula is C14H17F3O. The van der Waals surface area contributed by atoms with Crippen molar-refractivity contribution in [1.29, 1.82) is 0 Å². The first kappa shape index (κ1) is 14.7. The van der Waals surface area contributed by atoms with Gasteiger partial charge in [0.15, 0.2) is 5.78 Å². The fourth-order valence-electron chi connectivity index (χ4n) is 1.64. The average Bonchev–Trinajstić information content (AvgIpc) is 2.33. The maximum atomic E-state index is 12.0. The predicted octanol–water partition coefficient (Wildman–Crippen LogP) is 4.55. The van der Waals surface area contributed by atoms with Gasteiger partial charge in [-0.2, -0.15) is 13.2 Å². The molecule has 0 atom stereocenters. The molecule has 0 aliphatic heterocycles. The van der Waals surface area contributed by atoms with Crippen LogP contribution in [0.25, 0.3) is 0 Å². The second-order valence-corrected chi connectivity index (χ2v) is 4.34. The molecule has 0 radical (unpaired) electrons. The summed E-state index contributed by atoms with van der Waals surface area (Å²) in [4.78, 5) is 11.5. The maximum absolute atomic E-state index is 12.0. The molecule has 1 aromatic carbocycles. The van der Waals surface area contributed by atoms with E-state index >= 15 is 0 Å². The third-order valence-electron chi connectivity index (χ3n) is 2.73. The number of rotatable bonds is 6. The van der Waals surface area contributed by atoms with Gasteiger partial charge in [-0.3, -0.25) is 4.79 Å². The Labute approximate surface area is 105 Å². The van der Waals surface area contributed by atoms with Crippen LogP contribution in [0.3, 0.4) is 0 Å². The third-order valence-corrected chi connectivity index (χ3v) is 2.73. The van der Waals surface area contributed by atoms with E-state index < -0.39 is 24.8 Å². The quantitative estimate of drug-likeness (QED) is 0.684. The fourth-order valence-corrected chi connectivity index (χ4v) is 1.64. The lowest BCUT2D eigenvalue weighted by Crippen LogP contribution is -2.10. The third kappa shape index (κ3) is 5.34. The zero-order valence-electron chi connectivity index (χ0n) is 10.4. The van der Waals surface area contributed by atoms with E-state index in [1.807, 2.05) is 12.1 Å². The molecule has 0 aliphatic rings. The SMILES string of the molecule is CCCCc1ccc(C(=O)CCC(F)(F)F)cc1. The largest absolute Gasteiger partial charge is 0.389 e. The van der Waals surface area contributed by atoms with Gasteiger partial charge in [-0.05, 0) is 18.4 Å². The summed E-state index contributed by atoms with van der Waals surface area (Å²) in [6.07, 6.45) is -2.70. The molecule has 4 heteroatoms. The van der Waals surface area contributed by atoms with Crippen molar-refractivity contribution in [3.63, 3.8) is 0 Å². The van der Waals surface area contributed by atoms with Gasteiger partial charge in [-0.15, -0.1) is 0 Å². The van der Waals surface area contributed by atoms with Crippen molar-refractivity contribution in [2.45, 2.75) is 45.2 Å². The molecule has 1 aromatic rings. The van der Waals surface area contributed by atoms with Crippen molar-refractivity contribution < 1.29 is 18.0 Å². The summed E-state index contributed by atoms with van der Waals surface area (Å²) in [5.41, 5.74) is 1.48. The Morgan fingerprint density at radius 3 is 2.28 bits per heavy atom. The molecule has 0 saturated heterocycles. The number of carbonyl (C=O) groups excluding carboxylic acids is 1. The molecule has 0 unspecified atom stereocenters. The van der Waals surface area contributed by atoms with Crippen LogP contribution in [-0.4, -0.2) is 12.0 Å². The average molecular weight is 258 g/mol. The fraction of sp³-hybridized carbons (Fsp3) is 0.500. The Kier molecular flexibility index (Phi) is 5.38. The van der Waals surface area contributed by atoms with Gasteiger partial charge in [-0.1, -0.05) is 37.6 Å². The van der Waals surface area contributed by atoms with Gasteiger partial charge in [0.25, 0.3) is 0 Å². The minimum atomic E-state index is -4.27. The van der Waals surface area contributed by atoms with Crippen LogP contribution in [0.5, 0.6) is 0 Å². The molecule has 1 rings (SSSR count).